The van der Waals surface area contributed by atoms with E-state index in [9.17, 15) is 9.59 Å². The number of fused-ring (bicyclic) bond motifs is 1. The lowest BCUT2D eigenvalue weighted by molar-refractivity contribution is -0.122. The molecule has 1 heterocycles. The van der Waals surface area contributed by atoms with Crippen molar-refractivity contribution in [3.63, 3.8) is 0 Å². The molecule has 1 aromatic heterocycles. The molecule has 196 valence electrons. The van der Waals surface area contributed by atoms with Gasteiger partial charge in [-0.3, -0.25) is 14.5 Å². The highest BCUT2D eigenvalue weighted by molar-refractivity contribution is 7.03. The van der Waals surface area contributed by atoms with Crippen molar-refractivity contribution in [2.45, 2.75) is 12.6 Å². The van der Waals surface area contributed by atoms with Gasteiger partial charge in [-0.05, 0) is 34.6 Å². The number of aromatic nitrogens is 2. The summed E-state index contributed by atoms with van der Waals surface area (Å²) in [6, 6.07) is 27.1. The molecule has 4 aromatic carbocycles. The van der Waals surface area contributed by atoms with E-state index in [1.54, 1.807) is 23.6 Å². The number of carbonyl (C=O) groups is 2. The Morgan fingerprint density at radius 1 is 0.897 bits per heavy atom. The maximum atomic E-state index is 14.2. The number of rotatable bonds is 9. The molecule has 0 saturated heterocycles. The summed E-state index contributed by atoms with van der Waals surface area (Å²) in [6.45, 7) is 0.276. The topological polar surface area (TPSA) is 93.7 Å². The van der Waals surface area contributed by atoms with E-state index in [-0.39, 0.29) is 12.2 Å². The van der Waals surface area contributed by atoms with E-state index < -0.39 is 17.9 Å². The van der Waals surface area contributed by atoms with Crippen LogP contribution in [-0.4, -0.2) is 35.6 Å². The summed E-state index contributed by atoms with van der Waals surface area (Å²) < 4.78 is 15.2. The van der Waals surface area contributed by atoms with Gasteiger partial charge in [-0.1, -0.05) is 83.4 Å². The number of para-hydroxylation sites is 1. The van der Waals surface area contributed by atoms with Gasteiger partial charge in [0.2, 0.25) is 5.91 Å². The molecule has 1 N–H and O–H groups in total. The second-order valence-corrected chi connectivity index (χ2v) is 9.26. The van der Waals surface area contributed by atoms with Crippen LogP contribution in [0.4, 0.5) is 5.69 Å². The summed E-state index contributed by atoms with van der Waals surface area (Å²) in [4.78, 5) is 29.8. The Bertz CT molecular complexity index is 1590. The molecule has 1 atom stereocenters. The van der Waals surface area contributed by atoms with Crippen LogP contribution < -0.4 is 19.7 Å². The van der Waals surface area contributed by atoms with E-state index >= 15 is 0 Å². The van der Waals surface area contributed by atoms with Gasteiger partial charge in [0.15, 0.2) is 17.2 Å². The first-order valence-corrected chi connectivity index (χ1v) is 13.1. The Balaban J connectivity index is 1.72. The van der Waals surface area contributed by atoms with Crippen LogP contribution >= 0.6 is 11.5 Å². The molecule has 5 aromatic rings. The smallest absolute Gasteiger partial charge is 0.280 e. The molecule has 0 saturated carbocycles. The number of hydrogen-bond donors (Lipinski definition) is 1. The third kappa shape index (κ3) is 5.30. The summed E-state index contributed by atoms with van der Waals surface area (Å²) in [7, 11) is 3.04. The summed E-state index contributed by atoms with van der Waals surface area (Å²) in [5.74, 6) is -0.0643. The minimum atomic E-state index is -1.13. The fraction of sp³-hybridized carbons (Fsp3) is 0.133. The van der Waals surface area contributed by atoms with Crippen molar-refractivity contribution in [1.82, 2.24) is 14.9 Å². The van der Waals surface area contributed by atoms with Crippen LogP contribution in [0, 0.1) is 0 Å². The van der Waals surface area contributed by atoms with Gasteiger partial charge in [0.1, 0.15) is 6.04 Å². The van der Waals surface area contributed by atoms with Gasteiger partial charge in [-0.2, -0.15) is 0 Å². The van der Waals surface area contributed by atoms with Crippen LogP contribution in [0.1, 0.15) is 27.7 Å². The van der Waals surface area contributed by atoms with Crippen LogP contribution in [0.5, 0.6) is 11.5 Å². The predicted octanol–water partition coefficient (Wildman–Crippen LogP) is 5.41. The molecular weight excluding hydrogens is 512 g/mol. The van der Waals surface area contributed by atoms with E-state index in [0.29, 0.717) is 22.7 Å². The predicted molar refractivity (Wildman–Crippen MR) is 151 cm³/mol. The van der Waals surface area contributed by atoms with Crippen LogP contribution in [0.15, 0.2) is 96.4 Å². The molecule has 0 fully saturated rings. The van der Waals surface area contributed by atoms with E-state index in [2.05, 4.69) is 14.9 Å². The first-order valence-electron chi connectivity index (χ1n) is 12.2. The van der Waals surface area contributed by atoms with Gasteiger partial charge in [0.25, 0.3) is 5.91 Å². The molecule has 0 radical (unpaired) electrons. The van der Waals surface area contributed by atoms with Crippen molar-refractivity contribution in [2.75, 3.05) is 19.1 Å². The van der Waals surface area contributed by atoms with Crippen molar-refractivity contribution < 1.29 is 19.1 Å². The largest absolute Gasteiger partial charge is 0.493 e. The van der Waals surface area contributed by atoms with Crippen molar-refractivity contribution in [3.8, 4) is 11.5 Å². The molecule has 0 spiro atoms. The molecule has 0 unspecified atom stereocenters. The highest BCUT2D eigenvalue weighted by Gasteiger charge is 2.37. The number of anilines is 1. The summed E-state index contributed by atoms with van der Waals surface area (Å²) in [5.41, 5.74) is 2.08. The third-order valence-corrected chi connectivity index (χ3v) is 6.87. The van der Waals surface area contributed by atoms with E-state index in [0.717, 1.165) is 27.9 Å². The Morgan fingerprint density at radius 3 is 2.38 bits per heavy atom. The zero-order valence-corrected chi connectivity index (χ0v) is 22.2. The molecule has 8 nitrogen and oxygen atoms in total. The minimum absolute atomic E-state index is 0.135. The molecule has 5 rings (SSSR count). The first-order chi connectivity index (χ1) is 19.1. The van der Waals surface area contributed by atoms with Gasteiger partial charge in [0.05, 0.1) is 19.9 Å². The standard InChI is InChI=1S/C30H26N4O4S/c1-37-26-17-9-15-23(28(26)38-2)27(29(35)31-18-20-10-4-3-5-11-20)34(30(36)24-19-39-33-32-24)25-16-8-13-21-12-6-7-14-22(21)25/h3-17,19,27H,18H2,1-2H3,(H,31,35)/t27-/m1/s1. The monoisotopic (exact) mass is 538 g/mol. The minimum Gasteiger partial charge on any atom is -0.493 e. The lowest BCUT2D eigenvalue weighted by Crippen LogP contribution is -2.44. The normalized spacial score (nSPS) is 11.5. The van der Waals surface area contributed by atoms with Crippen molar-refractivity contribution >= 4 is 39.8 Å². The summed E-state index contributed by atoms with van der Waals surface area (Å²) >= 11 is 1.07. The van der Waals surface area contributed by atoms with Gasteiger partial charge >= 0.3 is 0 Å². The number of carbonyl (C=O) groups excluding carboxylic acids is 2. The third-order valence-electron chi connectivity index (χ3n) is 6.37. The highest BCUT2D eigenvalue weighted by atomic mass is 32.1. The van der Waals surface area contributed by atoms with Crippen LogP contribution in [0.25, 0.3) is 10.8 Å². The average molecular weight is 539 g/mol. The number of ether oxygens (including phenoxy) is 2. The second-order valence-electron chi connectivity index (χ2n) is 8.65. The van der Waals surface area contributed by atoms with Gasteiger partial charge in [0, 0.05) is 22.9 Å². The number of benzene rings is 4. The van der Waals surface area contributed by atoms with E-state index in [4.69, 9.17) is 9.47 Å². The van der Waals surface area contributed by atoms with Gasteiger partial charge in [-0.15, -0.1) is 5.10 Å². The maximum Gasteiger partial charge on any atom is 0.280 e. The lowest BCUT2D eigenvalue weighted by Gasteiger charge is -2.32. The molecule has 39 heavy (non-hydrogen) atoms. The number of hydrogen-bond acceptors (Lipinski definition) is 7. The van der Waals surface area contributed by atoms with E-state index in [1.165, 1.54) is 19.1 Å². The number of amides is 2. The maximum absolute atomic E-state index is 14.2. The highest BCUT2D eigenvalue weighted by Crippen LogP contribution is 2.41. The van der Waals surface area contributed by atoms with Crippen LogP contribution in [0.3, 0.4) is 0 Å². The van der Waals surface area contributed by atoms with Crippen molar-refractivity contribution in [1.29, 1.82) is 0 Å². The van der Waals surface area contributed by atoms with Crippen molar-refractivity contribution in [2.24, 2.45) is 0 Å². The van der Waals surface area contributed by atoms with Crippen LogP contribution in [0.2, 0.25) is 0 Å². The summed E-state index contributed by atoms with van der Waals surface area (Å²) in [6.07, 6.45) is 0. The molecule has 0 aliphatic rings. The molecule has 2 amide bonds. The molecule has 9 heteroatoms. The Morgan fingerprint density at radius 2 is 1.64 bits per heavy atom. The Labute approximate surface area is 230 Å². The average Bonchev–Trinajstić information content (AvgIpc) is 3.53. The first kappa shape index (κ1) is 25.9. The fourth-order valence-corrected chi connectivity index (χ4v) is 5.00. The lowest BCUT2D eigenvalue weighted by atomic mass is 9.99. The fourth-order valence-electron chi connectivity index (χ4n) is 4.57. The molecular formula is C30H26N4O4S. The van der Waals surface area contributed by atoms with Gasteiger partial charge < -0.3 is 14.8 Å². The van der Waals surface area contributed by atoms with Gasteiger partial charge in [-0.25, -0.2) is 0 Å². The molecule has 0 aliphatic heterocycles. The van der Waals surface area contributed by atoms with Crippen LogP contribution in [-0.2, 0) is 11.3 Å². The second kappa shape index (κ2) is 11.7. The number of nitrogens with one attached hydrogen (secondary N) is 1. The van der Waals surface area contributed by atoms with E-state index in [1.807, 2.05) is 72.8 Å². The molecule has 0 bridgehead atoms. The zero-order chi connectivity index (χ0) is 27.2. The number of methoxy groups -OCH3 is 2. The Hall–Kier alpha value is -4.76. The quantitative estimate of drug-likeness (QED) is 0.270. The zero-order valence-electron chi connectivity index (χ0n) is 21.4. The van der Waals surface area contributed by atoms with Crippen molar-refractivity contribution in [3.05, 3.63) is 113 Å². The summed E-state index contributed by atoms with van der Waals surface area (Å²) in [5, 5.41) is 10.4. The SMILES string of the molecule is COc1cccc([C@H](C(=O)NCc2ccccc2)N(C(=O)c2csnn2)c2cccc3ccccc23)c1OC. The Kier molecular flexibility index (Phi) is 7.79. The number of nitrogens with zero attached hydrogens (tertiary/aromatic N) is 3. The molecule has 0 aliphatic carbocycles.